The Labute approximate surface area is 414 Å². The molecule has 3 aliphatic heterocycles. The molecule has 6 aromatic carbocycles. The van der Waals surface area contributed by atoms with Crippen LogP contribution < -0.4 is 32.7 Å². The maximum absolute atomic E-state index is 12.6. The third-order valence-electron chi connectivity index (χ3n) is 15.6. The Morgan fingerprint density at radius 1 is 0.465 bits per heavy atom. The lowest BCUT2D eigenvalue weighted by atomic mass is 9.79. The van der Waals surface area contributed by atoms with E-state index in [1.807, 2.05) is 101 Å². The molecule has 8 N–H and O–H groups in total. The summed E-state index contributed by atoms with van der Waals surface area (Å²) in [6, 6.07) is 34.8. The molecule has 2 fully saturated rings. The summed E-state index contributed by atoms with van der Waals surface area (Å²) < 4.78 is 0. The van der Waals surface area contributed by atoms with Crippen LogP contribution in [0.3, 0.4) is 0 Å². The standard InChI is InChI=1S/C21H22N2O2.C20H20N2O2.C18H18N2O2/c1-13-5-6-15(19(24)22-2)11-16(13)14-7-8-17-18(12-14)23-20(25)21(17)9-3-4-10-21;1-12-4-5-14(18(21)23)10-15(12)13-6-7-16-17(11-13)22-19(24)20(16)8-2-3-9-20;1-10-4-5-12(16(19)21)8-13(10)11-6-7-14-15(9-11)20-17(22)18(14,2)3/h5-8,11-12H,3-4,9-10H2,1-2H3,(H,22,24)(H,23,25);4-7,10-11H,2-3,8-9H2,1H3,(H2,21,23)(H,22,24);4-9H,1-3H3,(H2,19,21)(H,20,22). The minimum absolute atomic E-state index is 0.00209. The molecule has 0 atom stereocenters. The minimum atomic E-state index is -0.516. The first-order valence-corrected chi connectivity index (χ1v) is 24.4. The Bertz CT molecular complexity index is 3230. The maximum atomic E-state index is 12.6. The summed E-state index contributed by atoms with van der Waals surface area (Å²) in [6.45, 7) is 9.84. The molecule has 5 aliphatic rings. The lowest BCUT2D eigenvalue weighted by Gasteiger charge is -2.20. The molecule has 2 aliphatic carbocycles. The predicted molar refractivity (Wildman–Crippen MR) is 279 cm³/mol. The molecule has 11 rings (SSSR count). The van der Waals surface area contributed by atoms with E-state index < -0.39 is 17.2 Å². The summed E-state index contributed by atoms with van der Waals surface area (Å²) in [5.74, 6) is -0.696. The smallest absolute Gasteiger partial charge is 0.251 e. The second-order valence-corrected chi connectivity index (χ2v) is 20.2. The minimum Gasteiger partial charge on any atom is -0.366 e. The summed E-state index contributed by atoms with van der Waals surface area (Å²) in [5.41, 5.74) is 26.3. The average Bonchev–Trinajstić information content (AvgIpc) is 4.19. The van der Waals surface area contributed by atoms with Gasteiger partial charge in [0.2, 0.25) is 29.5 Å². The van der Waals surface area contributed by atoms with Gasteiger partial charge in [0.1, 0.15) is 0 Å². The van der Waals surface area contributed by atoms with E-state index in [9.17, 15) is 28.8 Å². The van der Waals surface area contributed by atoms with Crippen LogP contribution in [0.15, 0.2) is 109 Å². The third-order valence-corrected chi connectivity index (χ3v) is 15.6. The van der Waals surface area contributed by atoms with Gasteiger partial charge in [0.25, 0.3) is 5.91 Å². The number of amides is 6. The van der Waals surface area contributed by atoms with Crippen LogP contribution in [-0.2, 0) is 30.6 Å². The third kappa shape index (κ3) is 8.55. The predicted octanol–water partition coefficient (Wildman–Crippen LogP) is 10.3. The second-order valence-electron chi connectivity index (χ2n) is 20.2. The van der Waals surface area contributed by atoms with Crippen LogP contribution >= 0.6 is 0 Å². The highest BCUT2D eigenvalue weighted by Gasteiger charge is 2.49. The fraction of sp³-hybridized carbons (Fsp3) is 0.288. The zero-order chi connectivity index (χ0) is 50.6. The molecule has 71 heavy (non-hydrogen) atoms. The number of benzene rings is 6. The highest BCUT2D eigenvalue weighted by molar-refractivity contribution is 6.09. The molecule has 3 heterocycles. The molecule has 0 saturated heterocycles. The summed E-state index contributed by atoms with van der Waals surface area (Å²) in [6.07, 6.45) is 8.18. The van der Waals surface area contributed by atoms with Gasteiger partial charge < -0.3 is 32.7 Å². The molecule has 0 unspecified atom stereocenters. The number of hydrogen-bond acceptors (Lipinski definition) is 6. The Balaban J connectivity index is 0.000000132. The molecule has 0 radical (unpaired) electrons. The second kappa shape index (κ2) is 18.5. The zero-order valence-corrected chi connectivity index (χ0v) is 41.2. The van der Waals surface area contributed by atoms with Gasteiger partial charge in [0.05, 0.1) is 16.2 Å². The van der Waals surface area contributed by atoms with Crippen LogP contribution in [0.5, 0.6) is 0 Å². The molecule has 6 aromatic rings. The van der Waals surface area contributed by atoms with Gasteiger partial charge in [-0.3, -0.25) is 28.8 Å². The van der Waals surface area contributed by atoms with E-state index in [4.69, 9.17) is 11.5 Å². The lowest BCUT2D eigenvalue weighted by Crippen LogP contribution is -2.30. The molecular formula is C59H60N6O6. The number of anilines is 3. The summed E-state index contributed by atoms with van der Waals surface area (Å²) in [4.78, 5) is 71.9. The largest absolute Gasteiger partial charge is 0.366 e. The number of aryl methyl sites for hydroxylation is 3. The molecule has 2 spiro atoms. The van der Waals surface area contributed by atoms with E-state index in [0.29, 0.717) is 16.7 Å². The molecule has 12 nitrogen and oxygen atoms in total. The lowest BCUT2D eigenvalue weighted by molar-refractivity contribution is -0.121. The van der Waals surface area contributed by atoms with Gasteiger partial charge in [0, 0.05) is 40.8 Å². The molecule has 12 heteroatoms. The number of nitrogens with one attached hydrogen (secondary N) is 4. The molecule has 6 amide bonds. The van der Waals surface area contributed by atoms with Gasteiger partial charge in [-0.25, -0.2) is 0 Å². The van der Waals surface area contributed by atoms with Crippen molar-refractivity contribution >= 4 is 52.5 Å². The number of hydrogen-bond donors (Lipinski definition) is 6. The molecule has 2 saturated carbocycles. The number of carbonyl (C=O) groups is 6. The number of nitrogens with two attached hydrogens (primary N) is 2. The molecular weight excluding hydrogens is 889 g/mol. The van der Waals surface area contributed by atoms with Gasteiger partial charge in [-0.05, 0) is 182 Å². The molecule has 0 aromatic heterocycles. The average molecular weight is 949 g/mol. The Hall–Kier alpha value is -7.86. The van der Waals surface area contributed by atoms with Crippen molar-refractivity contribution in [1.29, 1.82) is 0 Å². The van der Waals surface area contributed by atoms with Crippen molar-refractivity contribution in [2.75, 3.05) is 23.0 Å². The van der Waals surface area contributed by atoms with Crippen molar-refractivity contribution in [1.82, 2.24) is 5.32 Å². The van der Waals surface area contributed by atoms with Gasteiger partial charge in [-0.15, -0.1) is 0 Å². The summed E-state index contributed by atoms with van der Waals surface area (Å²) in [7, 11) is 1.63. The van der Waals surface area contributed by atoms with Crippen molar-refractivity contribution in [3.05, 3.63) is 159 Å². The monoisotopic (exact) mass is 948 g/mol. The fourth-order valence-corrected chi connectivity index (χ4v) is 11.3. The Morgan fingerprint density at radius 3 is 1.18 bits per heavy atom. The fourth-order valence-electron chi connectivity index (χ4n) is 11.3. The van der Waals surface area contributed by atoms with Gasteiger partial charge in [-0.2, -0.15) is 0 Å². The Kier molecular flexibility index (Phi) is 12.5. The van der Waals surface area contributed by atoms with Gasteiger partial charge >= 0.3 is 0 Å². The van der Waals surface area contributed by atoms with Crippen molar-refractivity contribution in [2.24, 2.45) is 11.5 Å². The Morgan fingerprint density at radius 2 is 0.803 bits per heavy atom. The maximum Gasteiger partial charge on any atom is 0.251 e. The highest BCUT2D eigenvalue weighted by atomic mass is 16.2. The highest BCUT2D eigenvalue weighted by Crippen LogP contribution is 2.51. The van der Waals surface area contributed by atoms with Crippen LogP contribution in [0.25, 0.3) is 33.4 Å². The number of rotatable bonds is 6. The SMILES string of the molecule is CNC(=O)c1ccc(C)c(-c2ccc3c(c2)NC(=O)C32CCCC2)c1.Cc1ccc(C(N)=O)cc1-c1ccc2c(c1)NC(=O)C2(C)C.Cc1ccc(C(N)=O)cc1-c1ccc2c(c1)NC(=O)C21CCCC1. The van der Waals surface area contributed by atoms with Crippen LogP contribution in [0, 0.1) is 20.8 Å². The van der Waals surface area contributed by atoms with Gasteiger partial charge in [-0.1, -0.05) is 80.3 Å². The van der Waals surface area contributed by atoms with Crippen molar-refractivity contribution in [3.8, 4) is 33.4 Å². The van der Waals surface area contributed by atoms with E-state index in [0.717, 1.165) is 135 Å². The molecule has 0 bridgehead atoms. The van der Waals surface area contributed by atoms with Crippen LogP contribution in [0.2, 0.25) is 0 Å². The van der Waals surface area contributed by atoms with Crippen molar-refractivity contribution < 1.29 is 28.8 Å². The van der Waals surface area contributed by atoms with Gasteiger partial charge in [0.15, 0.2) is 0 Å². The quantitative estimate of drug-likeness (QED) is 0.0958. The molecule has 362 valence electrons. The van der Waals surface area contributed by atoms with Crippen molar-refractivity contribution in [2.45, 2.75) is 102 Å². The number of fused-ring (bicyclic) bond motifs is 5. The summed E-state index contributed by atoms with van der Waals surface area (Å²) >= 11 is 0. The van der Waals surface area contributed by atoms with E-state index >= 15 is 0 Å². The zero-order valence-electron chi connectivity index (χ0n) is 41.2. The number of carbonyl (C=O) groups excluding carboxylic acids is 6. The topological polar surface area (TPSA) is 203 Å². The van der Waals surface area contributed by atoms with Crippen LogP contribution in [-0.4, -0.2) is 42.5 Å². The van der Waals surface area contributed by atoms with Crippen molar-refractivity contribution in [3.63, 3.8) is 0 Å². The normalized spacial score (nSPS) is 16.9. The number of primary amides is 2. The van der Waals surface area contributed by atoms with Crippen LogP contribution in [0.1, 0.15) is 130 Å². The van der Waals surface area contributed by atoms with E-state index in [1.54, 1.807) is 25.2 Å². The first-order valence-electron chi connectivity index (χ1n) is 24.4. The first kappa shape index (κ1) is 48.2. The van der Waals surface area contributed by atoms with E-state index in [-0.39, 0.29) is 34.5 Å². The van der Waals surface area contributed by atoms with E-state index in [1.165, 1.54) is 0 Å². The first-order chi connectivity index (χ1) is 33.9. The van der Waals surface area contributed by atoms with Crippen LogP contribution in [0.4, 0.5) is 17.1 Å². The van der Waals surface area contributed by atoms with E-state index in [2.05, 4.69) is 45.5 Å². The summed E-state index contributed by atoms with van der Waals surface area (Å²) in [5, 5.41) is 11.7.